The fourth-order valence-corrected chi connectivity index (χ4v) is 1.45. The Kier molecular flexibility index (Phi) is 4.79. The van der Waals surface area contributed by atoms with Gasteiger partial charge < -0.3 is 10.6 Å². The summed E-state index contributed by atoms with van der Waals surface area (Å²) in [5, 5.41) is 16.4. The molecule has 0 radical (unpaired) electrons. The van der Waals surface area contributed by atoms with Crippen molar-refractivity contribution in [2.45, 2.75) is 19.9 Å². The molecular weight excluding hydrogens is 234 g/mol. The van der Waals surface area contributed by atoms with Gasteiger partial charge in [0.25, 0.3) is 11.6 Å². The number of non-ortho nitro benzene ring substituents is 1. The molecule has 0 heterocycles. The van der Waals surface area contributed by atoms with Gasteiger partial charge in [-0.15, -0.1) is 0 Å². The summed E-state index contributed by atoms with van der Waals surface area (Å²) in [6, 6.07) is 4.50. The fourth-order valence-electron chi connectivity index (χ4n) is 1.45. The zero-order chi connectivity index (χ0) is 13.7. The van der Waals surface area contributed by atoms with Gasteiger partial charge in [-0.2, -0.15) is 0 Å². The van der Waals surface area contributed by atoms with Crippen molar-refractivity contribution >= 4 is 11.6 Å². The highest BCUT2D eigenvalue weighted by atomic mass is 16.6. The molecule has 0 fully saturated rings. The molecule has 0 spiro atoms. The highest BCUT2D eigenvalue weighted by Gasteiger charge is 2.13. The number of nitro benzene ring substituents is 1. The van der Waals surface area contributed by atoms with Gasteiger partial charge in [0.05, 0.1) is 4.92 Å². The van der Waals surface area contributed by atoms with Gasteiger partial charge in [0.2, 0.25) is 0 Å². The second-order valence-corrected chi connectivity index (χ2v) is 4.21. The van der Waals surface area contributed by atoms with Gasteiger partial charge in [-0.05, 0) is 32.5 Å². The Balaban J connectivity index is 2.82. The lowest BCUT2D eigenvalue weighted by Gasteiger charge is -2.11. The standard InChI is InChI=1S/C12H17N3O3/c1-8-4-10(6-11(5-8)15(17)18)12(16)14-7-9(2)13-3/h4-6,9,13H,7H2,1-3H3,(H,14,16). The van der Waals surface area contributed by atoms with E-state index in [-0.39, 0.29) is 17.6 Å². The monoisotopic (exact) mass is 251 g/mol. The van der Waals surface area contributed by atoms with Crippen molar-refractivity contribution in [1.29, 1.82) is 0 Å². The van der Waals surface area contributed by atoms with Crippen molar-refractivity contribution in [1.82, 2.24) is 10.6 Å². The third kappa shape index (κ3) is 3.81. The van der Waals surface area contributed by atoms with Crippen molar-refractivity contribution in [3.63, 3.8) is 0 Å². The van der Waals surface area contributed by atoms with Crippen LogP contribution >= 0.6 is 0 Å². The molecule has 0 saturated carbocycles. The molecule has 1 unspecified atom stereocenters. The van der Waals surface area contributed by atoms with Crippen LogP contribution in [-0.4, -0.2) is 30.5 Å². The largest absolute Gasteiger partial charge is 0.350 e. The third-order valence-electron chi connectivity index (χ3n) is 2.60. The number of rotatable bonds is 5. The molecule has 0 bridgehead atoms. The number of carbonyl (C=O) groups excluding carboxylic acids is 1. The number of carbonyl (C=O) groups is 1. The van der Waals surface area contributed by atoms with Crippen LogP contribution in [0, 0.1) is 17.0 Å². The molecule has 1 amide bonds. The number of hydrogen-bond donors (Lipinski definition) is 2. The molecule has 98 valence electrons. The maximum Gasteiger partial charge on any atom is 0.270 e. The van der Waals surface area contributed by atoms with Gasteiger partial charge in [-0.3, -0.25) is 14.9 Å². The van der Waals surface area contributed by atoms with Crippen LogP contribution in [-0.2, 0) is 0 Å². The normalized spacial score (nSPS) is 11.9. The highest BCUT2D eigenvalue weighted by Crippen LogP contribution is 2.16. The third-order valence-corrected chi connectivity index (χ3v) is 2.60. The lowest BCUT2D eigenvalue weighted by atomic mass is 10.1. The lowest BCUT2D eigenvalue weighted by molar-refractivity contribution is -0.384. The Morgan fingerprint density at radius 2 is 2.11 bits per heavy atom. The number of benzene rings is 1. The van der Waals surface area contributed by atoms with E-state index in [2.05, 4.69) is 10.6 Å². The Bertz CT molecular complexity index is 460. The quantitative estimate of drug-likeness (QED) is 0.609. The Labute approximate surface area is 106 Å². The summed E-state index contributed by atoms with van der Waals surface area (Å²) in [7, 11) is 1.80. The SMILES string of the molecule is CNC(C)CNC(=O)c1cc(C)cc([N+](=O)[O-])c1. The molecule has 2 N–H and O–H groups in total. The second kappa shape index (κ2) is 6.11. The first-order valence-corrected chi connectivity index (χ1v) is 5.65. The first-order valence-electron chi connectivity index (χ1n) is 5.65. The van der Waals surface area contributed by atoms with Gasteiger partial charge in [-0.25, -0.2) is 0 Å². The average Bonchev–Trinajstić information content (AvgIpc) is 2.34. The highest BCUT2D eigenvalue weighted by molar-refractivity contribution is 5.95. The van der Waals surface area contributed by atoms with E-state index in [9.17, 15) is 14.9 Å². The summed E-state index contributed by atoms with van der Waals surface area (Å²) in [5.74, 6) is -0.302. The van der Waals surface area contributed by atoms with Crippen LogP contribution in [0.4, 0.5) is 5.69 Å². The van der Waals surface area contributed by atoms with Crippen molar-refractivity contribution in [3.05, 3.63) is 39.4 Å². The average molecular weight is 251 g/mol. The Morgan fingerprint density at radius 1 is 1.44 bits per heavy atom. The summed E-state index contributed by atoms with van der Waals surface area (Å²) >= 11 is 0. The number of aryl methyl sites for hydroxylation is 1. The van der Waals surface area contributed by atoms with E-state index < -0.39 is 4.92 Å². The van der Waals surface area contributed by atoms with Crippen LogP contribution in [0.2, 0.25) is 0 Å². The van der Waals surface area contributed by atoms with Gasteiger partial charge in [0, 0.05) is 30.3 Å². The minimum Gasteiger partial charge on any atom is -0.350 e. The van der Waals surface area contributed by atoms with Crippen LogP contribution < -0.4 is 10.6 Å². The predicted octanol–water partition coefficient (Wildman–Crippen LogP) is 1.24. The summed E-state index contributed by atoms with van der Waals surface area (Å²) < 4.78 is 0. The van der Waals surface area contributed by atoms with E-state index in [4.69, 9.17) is 0 Å². The number of nitrogens with one attached hydrogen (secondary N) is 2. The molecule has 18 heavy (non-hydrogen) atoms. The first kappa shape index (κ1) is 14.1. The van der Waals surface area contributed by atoms with Crippen LogP contribution in [0.5, 0.6) is 0 Å². The minimum atomic E-state index is -0.500. The lowest BCUT2D eigenvalue weighted by Crippen LogP contribution is -2.37. The zero-order valence-electron chi connectivity index (χ0n) is 10.7. The smallest absolute Gasteiger partial charge is 0.270 e. The molecule has 1 rings (SSSR count). The molecule has 0 aliphatic rings. The van der Waals surface area contributed by atoms with Crippen LogP contribution in [0.15, 0.2) is 18.2 Å². The van der Waals surface area contributed by atoms with E-state index in [0.29, 0.717) is 17.7 Å². The van der Waals surface area contributed by atoms with Crippen molar-refractivity contribution in [2.75, 3.05) is 13.6 Å². The number of hydrogen-bond acceptors (Lipinski definition) is 4. The van der Waals surface area contributed by atoms with E-state index in [1.54, 1.807) is 20.0 Å². The number of nitro groups is 1. The Hall–Kier alpha value is -1.95. The molecule has 0 aliphatic heterocycles. The van der Waals surface area contributed by atoms with Gasteiger partial charge in [-0.1, -0.05) is 0 Å². The number of likely N-dealkylation sites (N-methyl/N-ethyl adjacent to an activating group) is 1. The van der Waals surface area contributed by atoms with E-state index in [1.807, 2.05) is 6.92 Å². The van der Waals surface area contributed by atoms with E-state index in [0.717, 1.165) is 0 Å². The van der Waals surface area contributed by atoms with Gasteiger partial charge in [0.1, 0.15) is 0 Å². The zero-order valence-corrected chi connectivity index (χ0v) is 10.7. The van der Waals surface area contributed by atoms with Crippen molar-refractivity contribution in [2.24, 2.45) is 0 Å². The molecular formula is C12H17N3O3. The van der Waals surface area contributed by atoms with Crippen molar-refractivity contribution in [3.8, 4) is 0 Å². The first-order chi connectivity index (χ1) is 8.43. The number of amides is 1. The van der Waals surface area contributed by atoms with Gasteiger partial charge in [0.15, 0.2) is 0 Å². The molecule has 1 aromatic rings. The minimum absolute atomic E-state index is 0.0678. The summed E-state index contributed by atoms with van der Waals surface area (Å²) in [4.78, 5) is 22.0. The summed E-state index contributed by atoms with van der Waals surface area (Å²) in [5.41, 5.74) is 0.933. The van der Waals surface area contributed by atoms with Crippen LogP contribution in [0.3, 0.4) is 0 Å². The molecule has 0 aromatic heterocycles. The maximum absolute atomic E-state index is 11.8. The molecule has 6 nitrogen and oxygen atoms in total. The van der Waals surface area contributed by atoms with E-state index >= 15 is 0 Å². The van der Waals surface area contributed by atoms with Crippen LogP contribution in [0.25, 0.3) is 0 Å². The summed E-state index contributed by atoms with van der Waals surface area (Å²) in [6.07, 6.45) is 0. The predicted molar refractivity (Wildman–Crippen MR) is 68.7 cm³/mol. The van der Waals surface area contributed by atoms with Gasteiger partial charge >= 0.3 is 0 Å². The fraction of sp³-hybridized carbons (Fsp3) is 0.417. The second-order valence-electron chi connectivity index (χ2n) is 4.21. The molecule has 0 saturated heterocycles. The topological polar surface area (TPSA) is 84.3 Å². The number of nitrogens with zero attached hydrogens (tertiary/aromatic N) is 1. The summed E-state index contributed by atoms with van der Waals surface area (Å²) in [6.45, 7) is 4.12. The molecule has 0 aliphatic carbocycles. The molecule has 6 heteroatoms. The van der Waals surface area contributed by atoms with E-state index in [1.165, 1.54) is 12.1 Å². The molecule has 1 aromatic carbocycles. The van der Waals surface area contributed by atoms with Crippen molar-refractivity contribution < 1.29 is 9.72 Å². The van der Waals surface area contributed by atoms with Crippen LogP contribution in [0.1, 0.15) is 22.8 Å². The Morgan fingerprint density at radius 3 is 2.67 bits per heavy atom. The maximum atomic E-state index is 11.8. The molecule has 1 atom stereocenters.